The average Bonchev–Trinajstić information content (AvgIpc) is 3.09. The van der Waals surface area contributed by atoms with Crippen LogP contribution >= 0.6 is 0 Å². The summed E-state index contributed by atoms with van der Waals surface area (Å²) in [4.78, 5) is 41.5. The lowest BCUT2D eigenvalue weighted by atomic mass is 9.94. The van der Waals surface area contributed by atoms with Crippen LogP contribution in [0.4, 0.5) is 15.3 Å². The van der Waals surface area contributed by atoms with Crippen LogP contribution in [0.1, 0.15) is 36.0 Å². The standard InChI is InChI=1S/C28H33N3O7/c1-18-15-19(17-23-25(18)38-14-13-37-23)16-22(26(32)36-2)31(28(34)35)12-6-5-9-24(31)30-11-10-20-7-3-4-8-21(20)29-27(30)33/h3-4,7-8,15,17,22,24H,5-6,9-14,16H2,1-2H3,(H-,29,33,34,35)/t22?,24?,31-/m1/s1. The third-order valence-electron chi connectivity index (χ3n) is 7.96. The molecule has 10 heteroatoms. The summed E-state index contributed by atoms with van der Waals surface area (Å²) in [6.45, 7) is 3.21. The first kappa shape index (κ1) is 25.8. The number of amides is 3. The van der Waals surface area contributed by atoms with E-state index in [-0.39, 0.29) is 19.0 Å². The number of anilines is 1. The van der Waals surface area contributed by atoms with Gasteiger partial charge < -0.3 is 29.4 Å². The van der Waals surface area contributed by atoms with Crippen LogP contribution in [0.15, 0.2) is 36.4 Å². The summed E-state index contributed by atoms with van der Waals surface area (Å²) in [6, 6.07) is 9.69. The fraction of sp³-hybridized carbons (Fsp3) is 0.464. The maximum Gasteiger partial charge on any atom is 0.365 e. The number of benzene rings is 2. The van der Waals surface area contributed by atoms with Gasteiger partial charge in [-0.1, -0.05) is 24.3 Å². The fourth-order valence-electron chi connectivity index (χ4n) is 6.17. The molecule has 3 atom stereocenters. The third kappa shape index (κ3) is 4.53. The lowest BCUT2D eigenvalue weighted by Gasteiger charge is -2.53. The van der Waals surface area contributed by atoms with Crippen molar-refractivity contribution in [1.82, 2.24) is 4.90 Å². The molecule has 0 saturated carbocycles. The third-order valence-corrected chi connectivity index (χ3v) is 7.96. The number of ether oxygens (including phenoxy) is 3. The molecule has 3 aliphatic rings. The number of rotatable bonds is 5. The first-order valence-electron chi connectivity index (χ1n) is 13.1. The topological polar surface area (TPSA) is 117 Å². The van der Waals surface area contributed by atoms with E-state index < -0.39 is 28.8 Å². The van der Waals surface area contributed by atoms with Crippen LogP contribution in [0.2, 0.25) is 0 Å². The van der Waals surface area contributed by atoms with Gasteiger partial charge in [0.2, 0.25) is 0 Å². The molecule has 0 aromatic heterocycles. The minimum absolute atomic E-state index is 0.0737. The number of carbonyl (C=O) groups excluding carboxylic acids is 3. The molecule has 38 heavy (non-hydrogen) atoms. The smallest absolute Gasteiger partial charge is 0.365 e. The highest BCUT2D eigenvalue weighted by atomic mass is 16.6. The second-order valence-corrected chi connectivity index (χ2v) is 10.1. The number of hydrogen-bond donors (Lipinski definition) is 1. The van der Waals surface area contributed by atoms with Crippen molar-refractivity contribution in [2.75, 3.05) is 38.7 Å². The number of esters is 1. The van der Waals surface area contributed by atoms with Gasteiger partial charge in [-0.15, -0.1) is 0 Å². The molecule has 5 rings (SSSR count). The number of quaternary nitrogens is 1. The highest BCUT2D eigenvalue weighted by Crippen LogP contribution is 2.38. The van der Waals surface area contributed by atoms with E-state index in [0.29, 0.717) is 56.2 Å². The molecule has 0 bridgehead atoms. The summed E-state index contributed by atoms with van der Waals surface area (Å²) >= 11 is 0. The van der Waals surface area contributed by atoms with E-state index in [0.717, 1.165) is 23.1 Å². The Morgan fingerprint density at radius 2 is 2.00 bits per heavy atom. The highest BCUT2D eigenvalue weighted by Gasteiger charge is 2.55. The zero-order chi connectivity index (χ0) is 26.9. The van der Waals surface area contributed by atoms with Gasteiger partial charge in [0.15, 0.2) is 23.7 Å². The maximum atomic E-state index is 13.5. The summed E-state index contributed by atoms with van der Waals surface area (Å²) in [5.74, 6) is 0.553. The van der Waals surface area contributed by atoms with Gasteiger partial charge in [-0.25, -0.2) is 14.1 Å². The van der Waals surface area contributed by atoms with Gasteiger partial charge in [-0.3, -0.25) is 4.90 Å². The Morgan fingerprint density at radius 1 is 1.21 bits per heavy atom. The molecule has 3 amide bonds. The Kier molecular flexibility index (Phi) is 7.16. The Morgan fingerprint density at radius 3 is 2.79 bits per heavy atom. The van der Waals surface area contributed by atoms with Crippen LogP contribution in [0.25, 0.3) is 0 Å². The van der Waals surface area contributed by atoms with Gasteiger partial charge in [0.25, 0.3) is 6.09 Å². The molecule has 3 heterocycles. The van der Waals surface area contributed by atoms with Crippen LogP contribution in [-0.4, -0.2) is 73.1 Å². The molecule has 1 fully saturated rings. The first-order chi connectivity index (χ1) is 18.3. The van der Waals surface area contributed by atoms with Crippen LogP contribution in [0, 0.1) is 6.92 Å². The Balaban J connectivity index is 1.54. The van der Waals surface area contributed by atoms with E-state index in [1.165, 1.54) is 7.11 Å². The lowest BCUT2D eigenvalue weighted by molar-refractivity contribution is -0.929. The first-order valence-corrected chi connectivity index (χ1v) is 13.1. The zero-order valence-electron chi connectivity index (χ0n) is 21.7. The van der Waals surface area contributed by atoms with Crippen LogP contribution in [0.3, 0.4) is 0 Å². The molecule has 202 valence electrons. The predicted molar refractivity (Wildman–Crippen MR) is 136 cm³/mol. The molecule has 2 aromatic rings. The number of aryl methyl sites for hydroxylation is 1. The monoisotopic (exact) mass is 523 g/mol. The summed E-state index contributed by atoms with van der Waals surface area (Å²) < 4.78 is 16.0. The SMILES string of the molecule is COC(=O)C(Cc1cc(C)c2c(c1)OCCO2)[N@+]1(C(=O)[O-])CCCCC1N1CCc2ccccc2NC1=O. The van der Waals surface area contributed by atoms with E-state index in [1.807, 2.05) is 37.3 Å². The largest absolute Gasteiger partial charge is 0.498 e. The quantitative estimate of drug-likeness (QED) is 0.473. The number of carboxylic acid groups (broad SMARTS) is 1. The minimum atomic E-state index is -1.39. The van der Waals surface area contributed by atoms with Crippen molar-refractivity contribution in [2.24, 2.45) is 0 Å². The molecular weight excluding hydrogens is 490 g/mol. The lowest BCUT2D eigenvalue weighted by Crippen LogP contribution is -2.76. The fourth-order valence-corrected chi connectivity index (χ4v) is 6.17. The normalized spacial score (nSPS) is 23.5. The Labute approximate surface area is 221 Å². The van der Waals surface area contributed by atoms with E-state index in [1.54, 1.807) is 11.0 Å². The Bertz CT molecular complexity index is 1250. The molecule has 0 radical (unpaired) electrons. The number of piperidine rings is 1. The van der Waals surface area contributed by atoms with Crippen LogP contribution in [0.5, 0.6) is 11.5 Å². The number of methoxy groups -OCH3 is 1. The maximum absolute atomic E-state index is 13.5. The van der Waals surface area contributed by atoms with Crippen molar-refractivity contribution in [3.8, 4) is 11.5 Å². The van der Waals surface area contributed by atoms with Crippen LogP contribution in [-0.2, 0) is 22.4 Å². The number of nitrogens with zero attached hydrogens (tertiary/aromatic N) is 2. The minimum Gasteiger partial charge on any atom is -0.498 e. The average molecular weight is 524 g/mol. The number of hydrogen-bond acceptors (Lipinski definition) is 7. The predicted octanol–water partition coefficient (Wildman–Crippen LogP) is 2.61. The van der Waals surface area contributed by atoms with Crippen molar-refractivity contribution in [3.05, 3.63) is 53.1 Å². The number of fused-ring (bicyclic) bond motifs is 2. The molecule has 10 nitrogen and oxygen atoms in total. The molecule has 3 aliphatic heterocycles. The van der Waals surface area contributed by atoms with Gasteiger partial charge in [0, 0.05) is 25.1 Å². The summed E-state index contributed by atoms with van der Waals surface area (Å²) in [5.41, 5.74) is 3.24. The number of nitrogens with one attached hydrogen (secondary N) is 1. The van der Waals surface area contributed by atoms with Crippen molar-refractivity contribution < 1.29 is 38.2 Å². The molecule has 0 aliphatic carbocycles. The summed E-state index contributed by atoms with van der Waals surface area (Å²) in [7, 11) is 1.25. The molecule has 1 N–H and O–H groups in total. The van der Waals surface area contributed by atoms with Gasteiger partial charge >= 0.3 is 12.0 Å². The number of para-hydroxylation sites is 1. The number of likely N-dealkylation sites (tertiary alicyclic amines) is 1. The molecule has 0 spiro atoms. The summed E-state index contributed by atoms with van der Waals surface area (Å²) in [5, 5.41) is 16.1. The van der Waals surface area contributed by atoms with Crippen molar-refractivity contribution in [2.45, 2.75) is 51.2 Å². The molecule has 2 unspecified atom stereocenters. The van der Waals surface area contributed by atoms with E-state index in [2.05, 4.69) is 5.32 Å². The van der Waals surface area contributed by atoms with Gasteiger partial charge in [0.05, 0.1) is 13.7 Å². The zero-order valence-corrected chi connectivity index (χ0v) is 21.7. The molecule has 2 aromatic carbocycles. The second-order valence-electron chi connectivity index (χ2n) is 10.1. The van der Waals surface area contributed by atoms with Crippen molar-refractivity contribution in [3.63, 3.8) is 0 Å². The molecule has 1 saturated heterocycles. The van der Waals surface area contributed by atoms with Gasteiger partial charge in [-0.05, 0) is 55.0 Å². The summed E-state index contributed by atoms with van der Waals surface area (Å²) in [6.07, 6.45) is 0.164. The van der Waals surface area contributed by atoms with Crippen molar-refractivity contribution in [1.29, 1.82) is 0 Å². The number of carbonyl (C=O) groups is 3. The molecular formula is C28H33N3O7. The van der Waals surface area contributed by atoms with E-state index >= 15 is 0 Å². The number of urea groups is 1. The second kappa shape index (κ2) is 10.5. The van der Waals surface area contributed by atoms with Gasteiger partial charge in [0.1, 0.15) is 13.2 Å². The highest BCUT2D eigenvalue weighted by molar-refractivity contribution is 5.91. The Hall–Kier alpha value is -3.79. The van der Waals surface area contributed by atoms with Crippen molar-refractivity contribution >= 4 is 23.8 Å². The van der Waals surface area contributed by atoms with E-state index in [9.17, 15) is 19.5 Å². The van der Waals surface area contributed by atoms with E-state index in [4.69, 9.17) is 14.2 Å². The van der Waals surface area contributed by atoms with Crippen LogP contribution < -0.4 is 19.9 Å². The van der Waals surface area contributed by atoms with Gasteiger partial charge in [-0.2, -0.15) is 0 Å².